The molecular weight excluding hydrogens is 234 g/mol. The molecule has 0 N–H and O–H groups in total. The molecule has 2 nitrogen and oxygen atoms in total. The number of nitriles is 1. The third kappa shape index (κ3) is 4.59. The van der Waals surface area contributed by atoms with Gasteiger partial charge in [0.05, 0.1) is 18.1 Å². The molecule has 0 aliphatic carbocycles. The number of ether oxygens (including phenoxy) is 1. The molecule has 1 rings (SSSR count). The zero-order chi connectivity index (χ0) is 14.7. The van der Waals surface area contributed by atoms with Crippen molar-refractivity contribution >= 4 is 0 Å². The van der Waals surface area contributed by atoms with Crippen molar-refractivity contribution in [2.45, 2.75) is 53.4 Å². The third-order valence-corrected chi connectivity index (χ3v) is 3.33. The predicted molar refractivity (Wildman–Crippen MR) is 79.4 cm³/mol. The fraction of sp³-hybridized carbons (Fsp3) is 0.588. The number of nitrogens with zero attached hydrogens (tertiary/aromatic N) is 1. The number of aryl methyl sites for hydroxylation is 1. The minimum atomic E-state index is -0.320. The van der Waals surface area contributed by atoms with Gasteiger partial charge in [-0.1, -0.05) is 32.9 Å². The van der Waals surface area contributed by atoms with Gasteiger partial charge in [0, 0.05) is 0 Å². The minimum Gasteiger partial charge on any atom is -0.493 e. The molecule has 0 bridgehead atoms. The van der Waals surface area contributed by atoms with Gasteiger partial charge in [0.25, 0.3) is 0 Å². The summed E-state index contributed by atoms with van der Waals surface area (Å²) in [6.45, 7) is 13.1. The highest BCUT2D eigenvalue weighted by atomic mass is 16.5. The summed E-state index contributed by atoms with van der Waals surface area (Å²) < 4.78 is 5.79. The molecule has 0 aromatic heterocycles. The van der Waals surface area contributed by atoms with E-state index >= 15 is 0 Å². The molecule has 0 spiro atoms. The van der Waals surface area contributed by atoms with Crippen molar-refractivity contribution in [1.82, 2.24) is 0 Å². The fourth-order valence-electron chi connectivity index (χ4n) is 1.75. The molecule has 0 aliphatic rings. The largest absolute Gasteiger partial charge is 0.493 e. The molecule has 1 aromatic rings. The van der Waals surface area contributed by atoms with Gasteiger partial charge in [0.1, 0.15) is 5.75 Å². The predicted octanol–water partition coefficient (Wildman–Crippen LogP) is 4.61. The van der Waals surface area contributed by atoms with Crippen molar-refractivity contribution in [3.05, 3.63) is 29.3 Å². The van der Waals surface area contributed by atoms with Gasteiger partial charge >= 0.3 is 0 Å². The molecule has 0 amide bonds. The number of benzene rings is 1. The second-order valence-electron chi connectivity index (χ2n) is 6.82. The molecule has 0 atom stereocenters. The maximum Gasteiger partial charge on any atom is 0.122 e. The molecule has 0 saturated carbocycles. The summed E-state index contributed by atoms with van der Waals surface area (Å²) >= 11 is 0. The molecule has 0 saturated heterocycles. The summed E-state index contributed by atoms with van der Waals surface area (Å²) in [5.74, 6) is 0.918. The Morgan fingerprint density at radius 1 is 1.16 bits per heavy atom. The van der Waals surface area contributed by atoms with Crippen molar-refractivity contribution < 1.29 is 4.74 Å². The van der Waals surface area contributed by atoms with Crippen LogP contribution in [-0.4, -0.2) is 6.61 Å². The molecule has 19 heavy (non-hydrogen) atoms. The lowest BCUT2D eigenvalue weighted by molar-refractivity contribution is 0.263. The van der Waals surface area contributed by atoms with E-state index in [2.05, 4.69) is 45.9 Å². The van der Waals surface area contributed by atoms with Crippen LogP contribution < -0.4 is 4.74 Å². The molecule has 2 heteroatoms. The average molecular weight is 259 g/mol. The monoisotopic (exact) mass is 259 g/mol. The van der Waals surface area contributed by atoms with Gasteiger partial charge in [-0.05, 0) is 49.8 Å². The molecule has 0 unspecified atom stereocenters. The molecule has 0 aliphatic heterocycles. The van der Waals surface area contributed by atoms with Crippen molar-refractivity contribution in [3.63, 3.8) is 0 Å². The van der Waals surface area contributed by atoms with E-state index in [9.17, 15) is 0 Å². The van der Waals surface area contributed by atoms with Crippen LogP contribution in [0, 0.1) is 23.7 Å². The Morgan fingerprint density at radius 3 is 2.26 bits per heavy atom. The van der Waals surface area contributed by atoms with Crippen LogP contribution in [0.5, 0.6) is 5.75 Å². The molecule has 104 valence electrons. The standard InChI is InChI=1S/C17H25NO/c1-13-11-14(16(2,3)4)7-8-15(13)19-10-9-17(5,6)12-18/h7-8,11H,9-10H2,1-6H3. The first-order valence-corrected chi connectivity index (χ1v) is 6.81. The Morgan fingerprint density at radius 2 is 1.79 bits per heavy atom. The highest BCUT2D eigenvalue weighted by Crippen LogP contribution is 2.28. The van der Waals surface area contributed by atoms with Crippen molar-refractivity contribution in [2.75, 3.05) is 6.61 Å². The Labute approximate surface area is 117 Å². The summed E-state index contributed by atoms with van der Waals surface area (Å²) in [6, 6.07) is 8.64. The van der Waals surface area contributed by atoms with E-state index in [4.69, 9.17) is 10.00 Å². The van der Waals surface area contributed by atoms with E-state index < -0.39 is 0 Å². The zero-order valence-corrected chi connectivity index (χ0v) is 13.0. The lowest BCUT2D eigenvalue weighted by Gasteiger charge is -2.21. The van der Waals surface area contributed by atoms with Gasteiger partial charge in [0.15, 0.2) is 0 Å². The third-order valence-electron chi connectivity index (χ3n) is 3.33. The lowest BCUT2D eigenvalue weighted by Crippen LogP contribution is -2.14. The van der Waals surface area contributed by atoms with Crippen molar-refractivity contribution in [2.24, 2.45) is 5.41 Å². The van der Waals surface area contributed by atoms with Crippen LogP contribution in [0.3, 0.4) is 0 Å². The van der Waals surface area contributed by atoms with Gasteiger partial charge < -0.3 is 4.74 Å². The van der Waals surface area contributed by atoms with Crippen LogP contribution in [0.4, 0.5) is 0 Å². The fourth-order valence-corrected chi connectivity index (χ4v) is 1.75. The summed E-state index contributed by atoms with van der Waals surface area (Å²) in [7, 11) is 0. The molecule has 0 fully saturated rings. The first kappa shape index (κ1) is 15.6. The van der Waals surface area contributed by atoms with Gasteiger partial charge in [-0.3, -0.25) is 0 Å². The Kier molecular flexibility index (Phi) is 4.63. The van der Waals surface area contributed by atoms with Gasteiger partial charge in [-0.2, -0.15) is 5.26 Å². The van der Waals surface area contributed by atoms with Crippen LogP contribution in [0.15, 0.2) is 18.2 Å². The van der Waals surface area contributed by atoms with Crippen LogP contribution in [0.25, 0.3) is 0 Å². The molecular formula is C17H25NO. The quantitative estimate of drug-likeness (QED) is 0.791. The lowest BCUT2D eigenvalue weighted by atomic mass is 9.86. The van der Waals surface area contributed by atoms with Crippen LogP contribution in [-0.2, 0) is 5.41 Å². The van der Waals surface area contributed by atoms with E-state index in [0.29, 0.717) is 6.61 Å². The highest BCUT2D eigenvalue weighted by Gasteiger charge is 2.17. The first-order valence-electron chi connectivity index (χ1n) is 6.81. The Bertz CT molecular complexity index is 475. The van der Waals surface area contributed by atoms with E-state index in [1.54, 1.807) is 0 Å². The zero-order valence-electron chi connectivity index (χ0n) is 13.0. The first-order chi connectivity index (χ1) is 8.65. The van der Waals surface area contributed by atoms with Gasteiger partial charge in [0.2, 0.25) is 0 Å². The SMILES string of the molecule is Cc1cc(C(C)(C)C)ccc1OCCC(C)(C)C#N. The van der Waals surface area contributed by atoms with E-state index in [1.165, 1.54) is 5.56 Å². The second-order valence-corrected chi connectivity index (χ2v) is 6.82. The topological polar surface area (TPSA) is 33.0 Å². The summed E-state index contributed by atoms with van der Waals surface area (Å²) in [6.07, 6.45) is 0.740. The minimum absolute atomic E-state index is 0.159. The number of hydrogen-bond donors (Lipinski definition) is 0. The molecule has 0 radical (unpaired) electrons. The van der Waals surface area contributed by atoms with E-state index in [0.717, 1.165) is 17.7 Å². The summed E-state index contributed by atoms with van der Waals surface area (Å²) in [5.41, 5.74) is 2.31. The van der Waals surface area contributed by atoms with E-state index in [-0.39, 0.29) is 10.8 Å². The summed E-state index contributed by atoms with van der Waals surface area (Å²) in [4.78, 5) is 0. The van der Waals surface area contributed by atoms with Crippen LogP contribution >= 0.6 is 0 Å². The van der Waals surface area contributed by atoms with Gasteiger partial charge in [-0.25, -0.2) is 0 Å². The number of hydrogen-bond acceptors (Lipinski definition) is 2. The Hall–Kier alpha value is -1.49. The molecule has 1 aromatic carbocycles. The van der Waals surface area contributed by atoms with E-state index in [1.807, 2.05) is 19.9 Å². The van der Waals surface area contributed by atoms with Crippen molar-refractivity contribution in [3.8, 4) is 11.8 Å². The van der Waals surface area contributed by atoms with Crippen molar-refractivity contribution in [1.29, 1.82) is 5.26 Å². The Balaban J connectivity index is 2.69. The summed E-state index contributed by atoms with van der Waals surface area (Å²) in [5, 5.41) is 8.97. The van der Waals surface area contributed by atoms with Crippen LogP contribution in [0.2, 0.25) is 0 Å². The van der Waals surface area contributed by atoms with Crippen LogP contribution in [0.1, 0.15) is 52.2 Å². The maximum absolute atomic E-state index is 8.97. The second kappa shape index (κ2) is 5.65. The molecule has 0 heterocycles. The average Bonchev–Trinajstić information content (AvgIpc) is 2.30. The number of rotatable bonds is 4. The smallest absolute Gasteiger partial charge is 0.122 e. The highest BCUT2D eigenvalue weighted by molar-refractivity contribution is 5.38. The maximum atomic E-state index is 8.97. The normalized spacial score (nSPS) is 12.1. The van der Waals surface area contributed by atoms with Gasteiger partial charge in [-0.15, -0.1) is 0 Å².